The number of likely N-dealkylation sites (N-methyl/N-ethyl adjacent to an activating group) is 1. The summed E-state index contributed by atoms with van der Waals surface area (Å²) in [6, 6.07) is 11.0. The number of hydrogen-bond donors (Lipinski definition) is 4. The number of aliphatic hydroxyl groups is 1. The molecular formula is C50H65N7O9. The summed E-state index contributed by atoms with van der Waals surface area (Å²) in [6.45, 7) is 12.9. The number of methoxy groups -OCH3 is 1. The quantitative estimate of drug-likeness (QED) is 0.165. The van der Waals surface area contributed by atoms with Gasteiger partial charge in [0.25, 0.3) is 11.8 Å². The van der Waals surface area contributed by atoms with Gasteiger partial charge in [-0.25, -0.2) is 5.43 Å². The number of phenolic OH excluding ortho intramolecular Hbond substituents is 1. The number of carbonyl (C=O) groups is 5. The molecule has 4 N–H and O–H groups in total. The highest BCUT2D eigenvalue weighted by molar-refractivity contribution is 5.96. The van der Waals surface area contributed by atoms with Gasteiger partial charge in [0.15, 0.2) is 5.60 Å². The van der Waals surface area contributed by atoms with Crippen molar-refractivity contribution in [3.05, 3.63) is 71.5 Å². The summed E-state index contributed by atoms with van der Waals surface area (Å²) in [5, 5.41) is 28.1. The molecule has 7 rings (SSSR count). The third kappa shape index (κ3) is 9.73. The number of hydrogen-bond acceptors (Lipinski definition) is 11. The lowest BCUT2D eigenvalue weighted by Crippen LogP contribution is -2.66. The van der Waals surface area contributed by atoms with Gasteiger partial charge < -0.3 is 44.2 Å². The summed E-state index contributed by atoms with van der Waals surface area (Å²) in [5.41, 5.74) is 6.77. The monoisotopic (exact) mass is 907 g/mol. The summed E-state index contributed by atoms with van der Waals surface area (Å²) in [4.78, 5) is 75.6. The van der Waals surface area contributed by atoms with E-state index in [-0.39, 0.29) is 57.3 Å². The number of carbonyl (C=O) groups excluding carboxylic acids is 5. The zero-order valence-electron chi connectivity index (χ0n) is 39.5. The standard InChI is InChI=1S/C50H65N7O9/c1-9-56-42-12-11-34-23-38(42)39(44(56)40-25-51-16-13-35(40)26-65-8)24-48(5,6)29-66-30-49(28-58)14-10-17-57(53-49)46(62)41(21-33-19-36(34)22-37(60)20-33)52-45(61)43(31(2)3)54(7)47(63)50(64)15-18-55(27-50)32(4)59/h11-13,16,19-20,22-23,25,28,31,41,43,53,60,64H,9-10,14-15,17-18,21,24,26-27,29-30H2,1-8H3,(H,52,61)/t41-,43-,49?,50+/m0/s1. The topological polar surface area (TPSA) is 196 Å². The zero-order chi connectivity index (χ0) is 47.7. The smallest absolute Gasteiger partial charge is 0.259 e. The van der Waals surface area contributed by atoms with E-state index in [1.165, 1.54) is 28.8 Å². The molecular weight excluding hydrogens is 843 g/mol. The fourth-order valence-electron chi connectivity index (χ4n) is 10.2. The lowest BCUT2D eigenvalue weighted by Gasteiger charge is -2.42. The Labute approximate surface area is 386 Å². The van der Waals surface area contributed by atoms with Gasteiger partial charge in [0.05, 0.1) is 32.1 Å². The zero-order valence-corrected chi connectivity index (χ0v) is 39.5. The summed E-state index contributed by atoms with van der Waals surface area (Å²) in [6.07, 6.45) is 5.87. The predicted octanol–water partition coefficient (Wildman–Crippen LogP) is 4.40. The minimum absolute atomic E-state index is 0.0166. The van der Waals surface area contributed by atoms with Gasteiger partial charge in [-0.2, -0.15) is 0 Å². The van der Waals surface area contributed by atoms with Crippen molar-refractivity contribution in [2.45, 2.75) is 110 Å². The number of nitrogens with one attached hydrogen (secondary N) is 2. The Balaban J connectivity index is 1.33. The van der Waals surface area contributed by atoms with Gasteiger partial charge >= 0.3 is 0 Å². The lowest BCUT2D eigenvalue weighted by atomic mass is 9.84. The van der Waals surface area contributed by atoms with Crippen molar-refractivity contribution >= 4 is 40.8 Å². The van der Waals surface area contributed by atoms with Gasteiger partial charge in [0, 0.05) is 82.4 Å². The van der Waals surface area contributed by atoms with E-state index < -0.39 is 52.3 Å². The second-order valence-electron chi connectivity index (χ2n) is 19.6. The van der Waals surface area contributed by atoms with Gasteiger partial charge in [0.1, 0.15) is 29.7 Å². The average molecular weight is 908 g/mol. The first-order chi connectivity index (χ1) is 31.3. The molecule has 6 bridgehead atoms. The van der Waals surface area contributed by atoms with E-state index in [0.29, 0.717) is 43.5 Å². The van der Waals surface area contributed by atoms with Gasteiger partial charge in [0.2, 0.25) is 11.8 Å². The molecule has 0 spiro atoms. The number of likely N-dealkylation sites (tertiary alicyclic amines) is 1. The lowest BCUT2D eigenvalue weighted by molar-refractivity contribution is -0.156. The number of nitrogens with zero attached hydrogens (tertiary/aromatic N) is 5. The van der Waals surface area contributed by atoms with Crippen molar-refractivity contribution in [3.8, 4) is 28.1 Å². The van der Waals surface area contributed by atoms with E-state index in [1.807, 2.05) is 24.4 Å². The molecule has 354 valence electrons. The predicted molar refractivity (Wildman–Crippen MR) is 249 cm³/mol. The molecule has 2 aromatic heterocycles. The Kier molecular flexibility index (Phi) is 14.1. The second kappa shape index (κ2) is 19.3. The van der Waals surface area contributed by atoms with E-state index in [0.717, 1.165) is 45.1 Å². The first-order valence-corrected chi connectivity index (χ1v) is 22.9. The fraction of sp³-hybridized carbons (Fsp3) is 0.520. The number of aryl methyl sites for hydroxylation is 1. The number of aromatic nitrogens is 2. The Morgan fingerprint density at radius 3 is 2.55 bits per heavy atom. The van der Waals surface area contributed by atoms with Crippen molar-refractivity contribution < 1.29 is 43.7 Å². The molecule has 4 aromatic rings. The Bertz CT molecular complexity index is 2500. The van der Waals surface area contributed by atoms with E-state index >= 15 is 0 Å². The molecule has 4 amide bonds. The summed E-state index contributed by atoms with van der Waals surface area (Å²) in [7, 11) is 3.11. The van der Waals surface area contributed by atoms with Crippen LogP contribution in [0.25, 0.3) is 33.3 Å². The summed E-state index contributed by atoms with van der Waals surface area (Å²) >= 11 is 0. The molecule has 3 aliphatic heterocycles. The highest BCUT2D eigenvalue weighted by Gasteiger charge is 2.48. The van der Waals surface area contributed by atoms with Crippen molar-refractivity contribution in [2.24, 2.45) is 11.3 Å². The molecule has 16 nitrogen and oxygen atoms in total. The van der Waals surface area contributed by atoms with Crippen LogP contribution in [0.5, 0.6) is 5.75 Å². The highest BCUT2D eigenvalue weighted by Crippen LogP contribution is 2.41. The van der Waals surface area contributed by atoms with Crippen LogP contribution in [-0.4, -0.2) is 135 Å². The molecule has 2 aromatic carbocycles. The number of aldehydes is 1. The van der Waals surface area contributed by atoms with Crippen molar-refractivity contribution in [2.75, 3.05) is 47.0 Å². The number of rotatable bonds is 10. The first kappa shape index (κ1) is 48.3. The molecule has 0 aliphatic carbocycles. The molecule has 4 atom stereocenters. The van der Waals surface area contributed by atoms with Crippen molar-refractivity contribution in [1.29, 1.82) is 0 Å². The van der Waals surface area contributed by atoms with Gasteiger partial charge in [-0.3, -0.25) is 29.2 Å². The van der Waals surface area contributed by atoms with Crippen LogP contribution >= 0.6 is 0 Å². The molecule has 66 heavy (non-hydrogen) atoms. The van der Waals surface area contributed by atoms with Gasteiger partial charge in [-0.05, 0) is 95.7 Å². The Morgan fingerprint density at radius 1 is 1.09 bits per heavy atom. The Morgan fingerprint density at radius 2 is 1.86 bits per heavy atom. The molecule has 2 saturated heterocycles. The number of pyridine rings is 1. The molecule has 0 saturated carbocycles. The van der Waals surface area contributed by atoms with E-state index in [4.69, 9.17) is 9.47 Å². The summed E-state index contributed by atoms with van der Waals surface area (Å²) < 4.78 is 14.4. The van der Waals surface area contributed by atoms with Gasteiger partial charge in [-0.1, -0.05) is 39.8 Å². The first-order valence-electron chi connectivity index (χ1n) is 22.9. The number of amides is 4. The van der Waals surface area contributed by atoms with Crippen LogP contribution in [0.2, 0.25) is 0 Å². The van der Waals surface area contributed by atoms with E-state index in [1.54, 1.807) is 39.3 Å². The van der Waals surface area contributed by atoms with Crippen molar-refractivity contribution in [3.63, 3.8) is 0 Å². The SMILES string of the molecule is CCn1c(-c2cnccc2COC)c2c3cc(ccc31)-c1cc(O)cc(c1)C[C@H](NC(=O)[C@H](C(C)C)N(C)C(=O)[C@@]1(O)CCN(C(C)=O)C1)C(=O)N1CCCC(C=O)(COCC(C)(C)C2)N1. The number of β-amino-alcohol motifs (C(OH)–C–C–N with tert-alkyl or cyclic N) is 1. The van der Waals surface area contributed by atoms with Crippen LogP contribution < -0.4 is 10.7 Å². The summed E-state index contributed by atoms with van der Waals surface area (Å²) in [5.74, 6) is -2.63. The number of fused-ring (bicyclic) bond motifs is 6. The maximum Gasteiger partial charge on any atom is 0.259 e. The maximum absolute atomic E-state index is 14.8. The minimum atomic E-state index is -1.88. The third-order valence-electron chi connectivity index (χ3n) is 13.4. The number of aromatic hydroxyl groups is 1. The van der Waals surface area contributed by atoms with Crippen molar-refractivity contribution in [1.82, 2.24) is 35.1 Å². The number of hydrazine groups is 1. The van der Waals surface area contributed by atoms with Crippen LogP contribution in [0.4, 0.5) is 0 Å². The van der Waals surface area contributed by atoms with Crippen LogP contribution in [-0.2, 0) is 59.4 Å². The van der Waals surface area contributed by atoms with Crippen LogP contribution in [0.1, 0.15) is 77.5 Å². The van der Waals surface area contributed by atoms with E-state index in [9.17, 15) is 34.2 Å². The van der Waals surface area contributed by atoms with Crippen LogP contribution in [0.15, 0.2) is 54.9 Å². The fourth-order valence-corrected chi connectivity index (χ4v) is 10.2. The number of ether oxygens (including phenoxy) is 2. The van der Waals surface area contributed by atoms with Gasteiger partial charge in [-0.15, -0.1) is 0 Å². The molecule has 5 heterocycles. The maximum atomic E-state index is 14.8. The van der Waals surface area contributed by atoms with E-state index in [2.05, 4.69) is 53.2 Å². The number of benzene rings is 2. The highest BCUT2D eigenvalue weighted by atomic mass is 16.5. The average Bonchev–Trinajstić information content (AvgIpc) is 3.83. The Hall–Kier alpha value is -5.68. The molecule has 1 unspecified atom stereocenters. The normalized spacial score (nSPS) is 22.8. The minimum Gasteiger partial charge on any atom is -0.508 e. The second-order valence-corrected chi connectivity index (χ2v) is 19.6. The largest absolute Gasteiger partial charge is 0.508 e. The number of phenols is 1. The third-order valence-corrected chi connectivity index (χ3v) is 13.4. The van der Waals surface area contributed by atoms with Crippen LogP contribution in [0.3, 0.4) is 0 Å². The molecule has 16 heteroatoms. The molecule has 2 fully saturated rings. The molecule has 3 aliphatic rings. The molecule has 0 radical (unpaired) electrons. The van der Waals surface area contributed by atoms with Crippen LogP contribution in [0, 0.1) is 11.3 Å².